The van der Waals surface area contributed by atoms with E-state index in [1.165, 1.54) is 0 Å². The molecule has 5 heteroatoms. The fraction of sp³-hybridized carbons (Fsp3) is 1.00. The average Bonchev–Trinajstić information content (AvgIpc) is 1.95. The predicted molar refractivity (Wildman–Crippen MR) is 69.3 cm³/mol. The lowest BCUT2D eigenvalue weighted by Gasteiger charge is -2.19. The van der Waals surface area contributed by atoms with Gasteiger partial charge in [-0.2, -0.15) is 0 Å². The first-order valence-electron chi connectivity index (χ1n) is 4.24. The standard InChI is InChI=1S/C8H15Cl3S2/c1-4-7(5-8(9,10)11)13-12-6(2)3/h6-7H,4-5H2,1-3H3. The number of hydrogen-bond acceptors (Lipinski definition) is 2. The molecule has 0 aromatic rings. The van der Waals surface area contributed by atoms with E-state index in [1.807, 2.05) is 21.6 Å². The summed E-state index contributed by atoms with van der Waals surface area (Å²) in [5.41, 5.74) is 0. The van der Waals surface area contributed by atoms with Crippen LogP contribution in [0.25, 0.3) is 0 Å². The van der Waals surface area contributed by atoms with Crippen LogP contribution in [0.1, 0.15) is 33.6 Å². The Morgan fingerprint density at radius 3 is 2.00 bits per heavy atom. The molecule has 0 radical (unpaired) electrons. The summed E-state index contributed by atoms with van der Waals surface area (Å²) < 4.78 is -1.11. The van der Waals surface area contributed by atoms with Crippen molar-refractivity contribution in [1.29, 1.82) is 0 Å². The first kappa shape index (κ1) is 14.6. The lowest BCUT2D eigenvalue weighted by Crippen LogP contribution is -2.12. The molecule has 0 aromatic heterocycles. The van der Waals surface area contributed by atoms with Gasteiger partial charge in [0.15, 0.2) is 3.79 Å². The zero-order chi connectivity index (χ0) is 10.5. The van der Waals surface area contributed by atoms with Crippen molar-refractivity contribution in [3.05, 3.63) is 0 Å². The van der Waals surface area contributed by atoms with Gasteiger partial charge in [-0.25, -0.2) is 0 Å². The van der Waals surface area contributed by atoms with Crippen molar-refractivity contribution in [2.45, 2.75) is 47.9 Å². The summed E-state index contributed by atoms with van der Waals surface area (Å²) in [7, 11) is 3.67. The molecule has 0 saturated carbocycles. The topological polar surface area (TPSA) is 0 Å². The van der Waals surface area contributed by atoms with E-state index in [1.54, 1.807) is 0 Å². The van der Waals surface area contributed by atoms with Crippen molar-refractivity contribution < 1.29 is 0 Å². The normalized spacial score (nSPS) is 15.0. The molecule has 1 unspecified atom stereocenters. The van der Waals surface area contributed by atoms with Gasteiger partial charge in [0.25, 0.3) is 0 Å². The third kappa shape index (κ3) is 9.86. The Morgan fingerprint density at radius 1 is 1.15 bits per heavy atom. The number of rotatable bonds is 5. The molecule has 1 atom stereocenters. The molecule has 0 nitrogen and oxygen atoms in total. The quantitative estimate of drug-likeness (QED) is 0.494. The smallest absolute Gasteiger partial charge is 0.0910 e. The van der Waals surface area contributed by atoms with E-state index in [-0.39, 0.29) is 0 Å². The first-order valence-corrected chi connectivity index (χ1v) is 7.65. The van der Waals surface area contributed by atoms with Crippen molar-refractivity contribution >= 4 is 56.4 Å². The maximum absolute atomic E-state index is 5.73. The Labute approximate surface area is 104 Å². The van der Waals surface area contributed by atoms with Gasteiger partial charge in [-0.15, -0.1) is 0 Å². The van der Waals surface area contributed by atoms with E-state index < -0.39 is 3.79 Å². The Hall–Kier alpha value is 1.57. The molecule has 0 rings (SSSR count). The van der Waals surface area contributed by atoms with Gasteiger partial charge >= 0.3 is 0 Å². The Morgan fingerprint density at radius 2 is 1.69 bits per heavy atom. The van der Waals surface area contributed by atoms with Crippen LogP contribution in [0.2, 0.25) is 0 Å². The van der Waals surface area contributed by atoms with Gasteiger partial charge in [-0.3, -0.25) is 0 Å². The van der Waals surface area contributed by atoms with Crippen LogP contribution in [0.15, 0.2) is 0 Å². The van der Waals surface area contributed by atoms with Crippen LogP contribution in [0, 0.1) is 0 Å². The summed E-state index contributed by atoms with van der Waals surface area (Å²) in [5.74, 6) is 0. The maximum Gasteiger partial charge on any atom is 0.191 e. The van der Waals surface area contributed by atoms with Crippen LogP contribution in [0.5, 0.6) is 0 Å². The second kappa shape index (κ2) is 6.95. The van der Waals surface area contributed by atoms with E-state index in [4.69, 9.17) is 34.8 Å². The molecule has 0 amide bonds. The summed E-state index contributed by atoms with van der Waals surface area (Å²) in [6, 6.07) is 0. The van der Waals surface area contributed by atoms with Crippen molar-refractivity contribution in [3.8, 4) is 0 Å². The second-order valence-electron chi connectivity index (χ2n) is 3.09. The van der Waals surface area contributed by atoms with Gasteiger partial charge in [0.1, 0.15) is 0 Å². The molecule has 0 heterocycles. The highest BCUT2D eigenvalue weighted by atomic mass is 35.6. The molecule has 0 aliphatic carbocycles. The van der Waals surface area contributed by atoms with Crippen molar-refractivity contribution in [2.24, 2.45) is 0 Å². The summed E-state index contributed by atoms with van der Waals surface area (Å²) >= 11 is 17.2. The van der Waals surface area contributed by atoms with Gasteiger partial charge in [-0.1, -0.05) is 77.2 Å². The zero-order valence-electron chi connectivity index (χ0n) is 8.02. The van der Waals surface area contributed by atoms with Gasteiger partial charge in [0, 0.05) is 16.9 Å². The fourth-order valence-electron chi connectivity index (χ4n) is 0.694. The van der Waals surface area contributed by atoms with Crippen molar-refractivity contribution in [2.75, 3.05) is 0 Å². The van der Waals surface area contributed by atoms with Crippen LogP contribution in [0.4, 0.5) is 0 Å². The molecule has 0 aromatic carbocycles. The lowest BCUT2D eigenvalue weighted by atomic mass is 10.3. The first-order chi connectivity index (χ1) is 5.85. The van der Waals surface area contributed by atoms with Gasteiger partial charge in [0.2, 0.25) is 0 Å². The van der Waals surface area contributed by atoms with E-state index in [9.17, 15) is 0 Å². The van der Waals surface area contributed by atoms with E-state index in [0.29, 0.717) is 16.9 Å². The molecule has 0 saturated heterocycles. The number of halogens is 3. The lowest BCUT2D eigenvalue weighted by molar-refractivity contribution is 0.757. The average molecular weight is 282 g/mol. The van der Waals surface area contributed by atoms with Gasteiger partial charge in [0.05, 0.1) is 0 Å². The third-order valence-corrected chi connectivity index (χ3v) is 5.33. The number of alkyl halides is 3. The highest BCUT2D eigenvalue weighted by Gasteiger charge is 2.25. The van der Waals surface area contributed by atoms with Gasteiger partial charge < -0.3 is 0 Å². The summed E-state index contributed by atoms with van der Waals surface area (Å²) in [6.45, 7) is 6.45. The van der Waals surface area contributed by atoms with Crippen LogP contribution in [-0.2, 0) is 0 Å². The van der Waals surface area contributed by atoms with Gasteiger partial charge in [-0.05, 0) is 6.42 Å². The molecular formula is C8H15Cl3S2. The zero-order valence-corrected chi connectivity index (χ0v) is 11.9. The van der Waals surface area contributed by atoms with Crippen LogP contribution < -0.4 is 0 Å². The predicted octanol–water partition coefficient (Wildman–Crippen LogP) is 5.32. The van der Waals surface area contributed by atoms with Crippen molar-refractivity contribution in [3.63, 3.8) is 0 Å². The summed E-state index contributed by atoms with van der Waals surface area (Å²) in [6.07, 6.45) is 1.66. The molecular weight excluding hydrogens is 267 g/mol. The van der Waals surface area contributed by atoms with E-state index in [2.05, 4.69) is 20.8 Å². The number of hydrogen-bond donors (Lipinski definition) is 0. The highest BCUT2D eigenvalue weighted by Crippen LogP contribution is 2.41. The molecule has 0 bridgehead atoms. The second-order valence-corrected chi connectivity index (χ2v) is 8.76. The minimum Gasteiger partial charge on any atom is -0.0910 e. The maximum atomic E-state index is 5.73. The third-order valence-electron chi connectivity index (χ3n) is 1.30. The SMILES string of the molecule is CCC(CC(Cl)(Cl)Cl)SSC(C)C. The van der Waals surface area contributed by atoms with E-state index in [0.717, 1.165) is 6.42 Å². The van der Waals surface area contributed by atoms with E-state index >= 15 is 0 Å². The van der Waals surface area contributed by atoms with Crippen molar-refractivity contribution in [1.82, 2.24) is 0 Å². The molecule has 0 aliphatic heterocycles. The Kier molecular flexibility index (Phi) is 7.78. The summed E-state index contributed by atoms with van der Waals surface area (Å²) in [5, 5.41) is 1.05. The molecule has 80 valence electrons. The minimum absolute atomic E-state index is 0.430. The molecule has 0 aliphatic rings. The molecule has 0 fully saturated rings. The van der Waals surface area contributed by atoms with Crippen LogP contribution >= 0.6 is 56.4 Å². The largest absolute Gasteiger partial charge is 0.191 e. The highest BCUT2D eigenvalue weighted by molar-refractivity contribution is 8.77. The Bertz CT molecular complexity index is 134. The minimum atomic E-state index is -1.11. The molecule has 13 heavy (non-hydrogen) atoms. The van der Waals surface area contributed by atoms with Crippen LogP contribution in [-0.4, -0.2) is 14.3 Å². The Balaban J connectivity index is 3.76. The molecule has 0 N–H and O–H groups in total. The fourth-order valence-corrected chi connectivity index (χ4v) is 4.11. The summed E-state index contributed by atoms with van der Waals surface area (Å²) in [4.78, 5) is 0. The molecule has 0 spiro atoms. The monoisotopic (exact) mass is 280 g/mol. The van der Waals surface area contributed by atoms with Crippen LogP contribution in [0.3, 0.4) is 0 Å².